The van der Waals surface area contributed by atoms with Crippen LogP contribution in [0.4, 0.5) is 29.2 Å². The van der Waals surface area contributed by atoms with Crippen molar-refractivity contribution in [3.8, 4) is 0 Å². The van der Waals surface area contributed by atoms with E-state index in [0.717, 1.165) is 31.6 Å². The molecule has 12 heteroatoms. The first-order chi connectivity index (χ1) is 16.3. The van der Waals surface area contributed by atoms with E-state index in [1.807, 2.05) is 21.9 Å². The van der Waals surface area contributed by atoms with Crippen LogP contribution in [0.15, 0.2) is 24.3 Å². The Morgan fingerprint density at radius 3 is 1.60 bits per heavy atom. The van der Waals surface area contributed by atoms with E-state index < -0.39 is 0 Å². The second kappa shape index (κ2) is 12.0. The Morgan fingerprint density at radius 1 is 0.771 bits per heavy atom. The summed E-state index contributed by atoms with van der Waals surface area (Å²) in [7, 11) is 0. The Bertz CT molecular complexity index is 875. The average molecular weight is 506 g/mol. The number of aromatic nitrogens is 3. The summed E-state index contributed by atoms with van der Waals surface area (Å²) in [5.41, 5.74) is 27.0. The number of piperidine rings is 2. The molecule has 0 bridgehead atoms. The molecule has 2 fully saturated rings. The molecule has 0 amide bonds. The zero-order valence-electron chi connectivity index (χ0n) is 20.7. The quantitative estimate of drug-likeness (QED) is 0.358. The van der Waals surface area contributed by atoms with Crippen molar-refractivity contribution < 1.29 is 0 Å². The second-order valence-corrected chi connectivity index (χ2v) is 9.42. The van der Waals surface area contributed by atoms with Gasteiger partial charge in [-0.25, -0.2) is 0 Å². The summed E-state index contributed by atoms with van der Waals surface area (Å²) in [5.74, 6) is 1.59. The van der Waals surface area contributed by atoms with Gasteiger partial charge in [-0.05, 0) is 51.0 Å². The Labute approximate surface area is 214 Å². The van der Waals surface area contributed by atoms with E-state index in [1.54, 1.807) is 0 Å². The highest BCUT2D eigenvalue weighted by Gasteiger charge is 2.28. The fourth-order valence-electron chi connectivity index (χ4n) is 4.85. The molecule has 11 nitrogen and oxygen atoms in total. The van der Waals surface area contributed by atoms with E-state index in [-0.39, 0.29) is 36.6 Å². The summed E-state index contributed by atoms with van der Waals surface area (Å²) in [6, 6.07) is 8.18. The molecule has 3 heterocycles. The molecular formula is C23H40ClN11. The molecule has 2 aliphatic rings. The second-order valence-electron chi connectivity index (χ2n) is 9.42. The summed E-state index contributed by atoms with van der Waals surface area (Å²) in [6.07, 6.45) is 1.57. The zero-order valence-corrected chi connectivity index (χ0v) is 21.5. The fourth-order valence-corrected chi connectivity index (χ4v) is 4.85. The van der Waals surface area contributed by atoms with Gasteiger partial charge in [-0.2, -0.15) is 15.0 Å². The molecule has 1 aromatic heterocycles. The maximum Gasteiger partial charge on any atom is 0.233 e. The van der Waals surface area contributed by atoms with E-state index >= 15 is 0 Å². The molecule has 2 aromatic rings. The maximum atomic E-state index is 6.24. The number of nitrogens with one attached hydrogen (secondary N) is 1. The summed E-state index contributed by atoms with van der Waals surface area (Å²) in [5, 5.41) is 3.35. The van der Waals surface area contributed by atoms with Gasteiger partial charge in [-0.1, -0.05) is 0 Å². The molecule has 35 heavy (non-hydrogen) atoms. The minimum atomic E-state index is -0.0233. The van der Waals surface area contributed by atoms with Gasteiger partial charge in [-0.15, -0.1) is 12.4 Å². The molecule has 4 atom stereocenters. The third kappa shape index (κ3) is 6.83. The SMILES string of the molecule is CCN(CC)c1ccc(Nc2nc(N3C[C@H](N)C[C@H](N)C3)nc(N3C[C@H](N)C[C@H](N)C3)n2)cc1.Cl. The van der Waals surface area contributed by atoms with Gasteiger partial charge in [0.2, 0.25) is 17.8 Å². The first-order valence-electron chi connectivity index (χ1n) is 12.2. The predicted octanol–water partition coefficient (Wildman–Crippen LogP) is 0.613. The van der Waals surface area contributed by atoms with Crippen LogP contribution >= 0.6 is 12.4 Å². The van der Waals surface area contributed by atoms with Crippen LogP contribution in [0.1, 0.15) is 26.7 Å². The van der Waals surface area contributed by atoms with Gasteiger partial charge in [-0.3, -0.25) is 0 Å². The van der Waals surface area contributed by atoms with E-state index in [1.165, 1.54) is 5.69 Å². The number of halogens is 1. The average Bonchev–Trinajstić information content (AvgIpc) is 2.79. The highest BCUT2D eigenvalue weighted by Crippen LogP contribution is 2.25. The van der Waals surface area contributed by atoms with Gasteiger partial charge in [0, 0.05) is 74.8 Å². The molecule has 0 saturated carbocycles. The van der Waals surface area contributed by atoms with Crippen molar-refractivity contribution in [3.05, 3.63) is 24.3 Å². The van der Waals surface area contributed by atoms with Crippen LogP contribution in [0.3, 0.4) is 0 Å². The van der Waals surface area contributed by atoms with Crippen LogP contribution < -0.4 is 43.0 Å². The fraction of sp³-hybridized carbons (Fsp3) is 0.609. The van der Waals surface area contributed by atoms with Crippen LogP contribution in [0.2, 0.25) is 0 Å². The molecule has 0 unspecified atom stereocenters. The van der Waals surface area contributed by atoms with E-state index in [0.29, 0.717) is 44.0 Å². The lowest BCUT2D eigenvalue weighted by molar-refractivity contribution is 0.441. The van der Waals surface area contributed by atoms with Crippen molar-refractivity contribution >= 4 is 41.6 Å². The van der Waals surface area contributed by atoms with Gasteiger partial charge in [0.05, 0.1) is 0 Å². The van der Waals surface area contributed by atoms with E-state index in [9.17, 15) is 0 Å². The van der Waals surface area contributed by atoms with Crippen molar-refractivity contribution in [1.29, 1.82) is 0 Å². The molecule has 2 saturated heterocycles. The maximum absolute atomic E-state index is 6.24. The van der Waals surface area contributed by atoms with Crippen molar-refractivity contribution in [1.82, 2.24) is 15.0 Å². The van der Waals surface area contributed by atoms with Gasteiger partial charge < -0.3 is 43.0 Å². The first-order valence-corrected chi connectivity index (χ1v) is 12.2. The number of benzene rings is 1. The largest absolute Gasteiger partial charge is 0.372 e. The molecule has 4 rings (SSSR count). The minimum Gasteiger partial charge on any atom is -0.372 e. The van der Waals surface area contributed by atoms with Crippen LogP contribution in [0, 0.1) is 0 Å². The molecule has 0 spiro atoms. The number of nitrogens with zero attached hydrogens (tertiary/aromatic N) is 6. The summed E-state index contributed by atoms with van der Waals surface area (Å²) >= 11 is 0. The standard InChI is InChI=1S/C23H39N11.ClH/c1-3-32(4-2)20-7-5-19(6-8-20)28-21-29-22(33-11-15(24)9-16(25)12-33)31-23(30-21)34-13-17(26)10-18(27)14-34;/h5-8,15-18H,3-4,9-14,24-27H2,1-2H3,(H,28,29,30,31);1H/t15-,16+,17-,18+;. The lowest BCUT2D eigenvalue weighted by Crippen LogP contribution is -2.54. The van der Waals surface area contributed by atoms with Crippen LogP contribution in [0.25, 0.3) is 0 Å². The molecule has 0 radical (unpaired) electrons. The third-order valence-corrected chi connectivity index (χ3v) is 6.46. The molecule has 194 valence electrons. The van der Waals surface area contributed by atoms with Crippen molar-refractivity contribution in [2.45, 2.75) is 50.9 Å². The van der Waals surface area contributed by atoms with E-state index in [4.69, 9.17) is 37.9 Å². The Kier molecular flexibility index (Phi) is 9.31. The van der Waals surface area contributed by atoms with Gasteiger partial charge >= 0.3 is 0 Å². The highest BCUT2D eigenvalue weighted by molar-refractivity contribution is 5.85. The monoisotopic (exact) mass is 505 g/mol. The molecule has 1 aromatic carbocycles. The molecule has 9 N–H and O–H groups in total. The van der Waals surface area contributed by atoms with Gasteiger partial charge in [0.25, 0.3) is 0 Å². The van der Waals surface area contributed by atoms with Crippen molar-refractivity contribution in [2.24, 2.45) is 22.9 Å². The Morgan fingerprint density at radius 2 is 1.20 bits per heavy atom. The summed E-state index contributed by atoms with van der Waals surface area (Å²) in [4.78, 5) is 20.6. The smallest absolute Gasteiger partial charge is 0.233 e. The number of anilines is 5. The number of hydrogen-bond donors (Lipinski definition) is 5. The predicted molar refractivity (Wildman–Crippen MR) is 146 cm³/mol. The topological polar surface area (TPSA) is 164 Å². The summed E-state index contributed by atoms with van der Waals surface area (Å²) < 4.78 is 0. The van der Waals surface area contributed by atoms with Crippen molar-refractivity contribution in [3.63, 3.8) is 0 Å². The summed E-state index contributed by atoms with van der Waals surface area (Å²) in [6.45, 7) is 8.82. The number of nitrogens with two attached hydrogens (primary N) is 4. The van der Waals surface area contributed by atoms with Crippen LogP contribution in [-0.2, 0) is 0 Å². The Balaban J connectivity index is 0.00000342. The zero-order chi connectivity index (χ0) is 24.2. The Hall–Kier alpha value is -2.44. The molecule has 0 aliphatic carbocycles. The van der Waals surface area contributed by atoms with Crippen LogP contribution in [0.5, 0.6) is 0 Å². The van der Waals surface area contributed by atoms with E-state index in [2.05, 4.69) is 36.2 Å². The normalized spacial score (nSPS) is 24.6. The van der Waals surface area contributed by atoms with Crippen molar-refractivity contribution in [2.75, 3.05) is 59.3 Å². The van der Waals surface area contributed by atoms with Gasteiger partial charge in [0.15, 0.2) is 0 Å². The number of rotatable bonds is 7. The molecular weight excluding hydrogens is 466 g/mol. The van der Waals surface area contributed by atoms with Gasteiger partial charge in [0.1, 0.15) is 0 Å². The first kappa shape index (κ1) is 27.2. The minimum absolute atomic E-state index is 0. The lowest BCUT2D eigenvalue weighted by Gasteiger charge is -2.37. The molecule has 2 aliphatic heterocycles. The lowest BCUT2D eigenvalue weighted by atomic mass is 10.0. The highest BCUT2D eigenvalue weighted by atomic mass is 35.5. The number of hydrogen-bond acceptors (Lipinski definition) is 11. The third-order valence-electron chi connectivity index (χ3n) is 6.46. The van der Waals surface area contributed by atoms with Crippen LogP contribution in [-0.4, -0.2) is 78.4 Å².